The minimum absolute atomic E-state index is 0.0473. The number of aromatic hydroxyl groups is 1. The number of nitrogens with zero attached hydrogens (tertiary/aromatic N) is 3. The molecule has 2 N–H and O–H groups in total. The molecule has 0 fully saturated rings. The van der Waals surface area contributed by atoms with Crippen LogP contribution in [0.15, 0.2) is 23.1 Å². The number of H-pyrrole nitrogens is 1. The van der Waals surface area contributed by atoms with Crippen LogP contribution in [0, 0.1) is 13.8 Å². The van der Waals surface area contributed by atoms with Crippen LogP contribution in [0.2, 0.25) is 0 Å². The van der Waals surface area contributed by atoms with Gasteiger partial charge in [0.2, 0.25) is 0 Å². The van der Waals surface area contributed by atoms with Crippen molar-refractivity contribution >= 4 is 11.0 Å². The number of alkyl halides is 3. The molecule has 0 amide bonds. The Kier molecular flexibility index (Phi) is 4.13. The lowest BCUT2D eigenvalue weighted by Gasteiger charge is -2.15. The molecule has 1 aromatic carbocycles. The summed E-state index contributed by atoms with van der Waals surface area (Å²) in [6.45, 7) is 4.37. The van der Waals surface area contributed by atoms with Crippen LogP contribution in [0.5, 0.6) is 11.8 Å². The summed E-state index contributed by atoms with van der Waals surface area (Å²) < 4.78 is 43.7. The zero-order chi connectivity index (χ0) is 19.2. The third-order valence-electron chi connectivity index (χ3n) is 3.77. The second-order valence-electron chi connectivity index (χ2n) is 5.93. The van der Waals surface area contributed by atoms with Gasteiger partial charge in [-0.15, -0.1) is 5.10 Å². The summed E-state index contributed by atoms with van der Waals surface area (Å²) in [5.41, 5.74) is 1.09. The Morgan fingerprint density at radius 1 is 1.31 bits per heavy atom. The van der Waals surface area contributed by atoms with E-state index in [0.29, 0.717) is 11.3 Å². The lowest BCUT2D eigenvalue weighted by atomic mass is 10.1. The van der Waals surface area contributed by atoms with Gasteiger partial charge in [-0.25, -0.2) is 4.68 Å². The Labute approximate surface area is 145 Å². The van der Waals surface area contributed by atoms with Crippen molar-refractivity contribution in [3.05, 3.63) is 39.8 Å². The zero-order valence-electron chi connectivity index (χ0n) is 14.0. The first-order chi connectivity index (χ1) is 12.1. The number of benzene rings is 1. The second kappa shape index (κ2) is 6.04. The second-order valence-corrected chi connectivity index (χ2v) is 5.93. The molecule has 10 heteroatoms. The van der Waals surface area contributed by atoms with Crippen LogP contribution in [-0.2, 0) is 0 Å². The number of aromatic nitrogens is 4. The monoisotopic (exact) mass is 368 g/mol. The fourth-order valence-electron chi connectivity index (χ4n) is 2.54. The number of phenols is 1. The summed E-state index contributed by atoms with van der Waals surface area (Å²) in [5, 5.41) is 14.3. The van der Waals surface area contributed by atoms with Gasteiger partial charge in [-0.3, -0.25) is 9.78 Å². The summed E-state index contributed by atoms with van der Waals surface area (Å²) in [7, 11) is 0. The summed E-state index contributed by atoms with van der Waals surface area (Å²) in [5.74, 6) is -0.0473. The quantitative estimate of drug-likeness (QED) is 0.742. The van der Waals surface area contributed by atoms with Crippen molar-refractivity contribution in [3.8, 4) is 17.4 Å². The van der Waals surface area contributed by atoms with Gasteiger partial charge in [0, 0.05) is 6.20 Å². The summed E-state index contributed by atoms with van der Waals surface area (Å²) >= 11 is 0. The molecule has 0 aliphatic rings. The van der Waals surface area contributed by atoms with Crippen LogP contribution in [0.1, 0.15) is 18.1 Å². The molecular weight excluding hydrogens is 353 g/mol. The van der Waals surface area contributed by atoms with Gasteiger partial charge in [0.25, 0.3) is 11.6 Å². The highest BCUT2D eigenvalue weighted by Gasteiger charge is 2.38. The first kappa shape index (κ1) is 17.8. The van der Waals surface area contributed by atoms with Gasteiger partial charge in [-0.05, 0) is 38.0 Å². The molecule has 0 aliphatic heterocycles. The average molecular weight is 368 g/mol. The molecule has 138 valence electrons. The molecule has 0 saturated carbocycles. The van der Waals surface area contributed by atoms with Crippen molar-refractivity contribution < 1.29 is 23.0 Å². The zero-order valence-corrected chi connectivity index (χ0v) is 14.0. The van der Waals surface area contributed by atoms with E-state index in [1.54, 1.807) is 6.92 Å². The predicted octanol–water partition coefficient (Wildman–Crippen LogP) is 2.76. The van der Waals surface area contributed by atoms with Crippen LogP contribution < -0.4 is 10.3 Å². The number of aryl methyl sites for hydroxylation is 2. The van der Waals surface area contributed by atoms with Gasteiger partial charge in [0.15, 0.2) is 11.8 Å². The van der Waals surface area contributed by atoms with E-state index in [1.165, 1.54) is 16.9 Å². The van der Waals surface area contributed by atoms with E-state index in [4.69, 9.17) is 0 Å². The summed E-state index contributed by atoms with van der Waals surface area (Å²) in [6, 6.07) is 2.77. The SMILES string of the molecule is Cc1cc(C)c(-n2cc3c(=O)[nH]c(OC(C)C(F)(F)F)nc3n2)c(O)c1. The van der Waals surface area contributed by atoms with Crippen molar-refractivity contribution in [2.75, 3.05) is 0 Å². The molecule has 1 atom stereocenters. The largest absolute Gasteiger partial charge is 0.506 e. The van der Waals surface area contributed by atoms with Crippen molar-refractivity contribution in [3.63, 3.8) is 0 Å². The fourth-order valence-corrected chi connectivity index (χ4v) is 2.54. The Morgan fingerprint density at radius 3 is 2.62 bits per heavy atom. The Bertz CT molecular complexity index is 1020. The number of ether oxygens (including phenoxy) is 1. The Balaban J connectivity index is 2.08. The molecule has 1 unspecified atom stereocenters. The fraction of sp³-hybridized carbons (Fsp3) is 0.312. The molecule has 0 radical (unpaired) electrons. The number of rotatable bonds is 3. The molecule has 0 aliphatic carbocycles. The minimum Gasteiger partial charge on any atom is -0.506 e. The smallest absolute Gasteiger partial charge is 0.425 e. The molecule has 0 saturated heterocycles. The molecule has 2 aromatic heterocycles. The van der Waals surface area contributed by atoms with E-state index in [9.17, 15) is 23.1 Å². The first-order valence-electron chi connectivity index (χ1n) is 7.60. The van der Waals surface area contributed by atoms with Crippen molar-refractivity contribution in [2.45, 2.75) is 33.1 Å². The van der Waals surface area contributed by atoms with Gasteiger partial charge in [0.1, 0.15) is 16.8 Å². The van der Waals surface area contributed by atoms with Crippen molar-refractivity contribution in [2.24, 2.45) is 0 Å². The number of fused-ring (bicyclic) bond motifs is 1. The van der Waals surface area contributed by atoms with E-state index in [0.717, 1.165) is 12.5 Å². The average Bonchev–Trinajstić information content (AvgIpc) is 2.89. The van der Waals surface area contributed by atoms with Gasteiger partial charge >= 0.3 is 6.18 Å². The maximum Gasteiger partial charge on any atom is 0.425 e. The van der Waals surface area contributed by atoms with Gasteiger partial charge in [-0.1, -0.05) is 6.07 Å². The molecule has 3 aromatic rings. The number of hydrogen-bond acceptors (Lipinski definition) is 5. The highest BCUT2D eigenvalue weighted by Crippen LogP contribution is 2.28. The lowest BCUT2D eigenvalue weighted by molar-refractivity contribution is -0.190. The summed E-state index contributed by atoms with van der Waals surface area (Å²) in [6.07, 6.45) is -5.40. The van der Waals surface area contributed by atoms with Crippen LogP contribution in [0.4, 0.5) is 13.2 Å². The molecule has 26 heavy (non-hydrogen) atoms. The van der Waals surface area contributed by atoms with E-state index in [1.807, 2.05) is 13.0 Å². The van der Waals surface area contributed by atoms with Crippen LogP contribution >= 0.6 is 0 Å². The number of phenolic OH excluding ortho intramolecular Hbond substituents is 1. The van der Waals surface area contributed by atoms with Crippen LogP contribution in [0.3, 0.4) is 0 Å². The molecular formula is C16H15F3N4O3. The highest BCUT2D eigenvalue weighted by molar-refractivity contribution is 5.74. The Morgan fingerprint density at radius 2 is 2.00 bits per heavy atom. The maximum absolute atomic E-state index is 12.6. The normalized spacial score (nSPS) is 13.2. The van der Waals surface area contributed by atoms with E-state index < -0.39 is 23.8 Å². The molecule has 3 rings (SSSR count). The predicted molar refractivity (Wildman–Crippen MR) is 86.8 cm³/mol. The standard InChI is InChI=1S/C16H15F3N4O3/c1-7-4-8(2)12(11(24)5-7)23-6-10-13(22-23)20-15(21-14(10)25)26-9(3)16(17,18)19/h4-6,9,24H,1-3H3,(H,20,21,22,25). The van der Waals surface area contributed by atoms with E-state index >= 15 is 0 Å². The number of hydrogen-bond donors (Lipinski definition) is 2. The molecule has 7 nitrogen and oxygen atoms in total. The number of nitrogens with one attached hydrogen (secondary N) is 1. The summed E-state index contributed by atoms with van der Waals surface area (Å²) in [4.78, 5) is 18.1. The van der Waals surface area contributed by atoms with Gasteiger partial charge in [-0.2, -0.15) is 18.2 Å². The molecule has 0 bridgehead atoms. The van der Waals surface area contributed by atoms with Crippen LogP contribution in [0.25, 0.3) is 16.7 Å². The first-order valence-corrected chi connectivity index (χ1v) is 7.60. The van der Waals surface area contributed by atoms with E-state index in [-0.39, 0.29) is 16.8 Å². The van der Waals surface area contributed by atoms with Crippen molar-refractivity contribution in [1.82, 2.24) is 19.7 Å². The molecule has 0 spiro atoms. The van der Waals surface area contributed by atoms with Crippen molar-refractivity contribution in [1.29, 1.82) is 0 Å². The Hall–Kier alpha value is -3.04. The van der Waals surface area contributed by atoms with E-state index in [2.05, 4.69) is 19.8 Å². The molecule has 2 heterocycles. The van der Waals surface area contributed by atoms with Gasteiger partial charge in [0.05, 0.1) is 0 Å². The van der Waals surface area contributed by atoms with Gasteiger partial charge < -0.3 is 9.84 Å². The third-order valence-corrected chi connectivity index (χ3v) is 3.77. The number of halogens is 3. The van der Waals surface area contributed by atoms with Crippen LogP contribution in [-0.4, -0.2) is 37.1 Å². The minimum atomic E-state index is -4.60. The third kappa shape index (κ3) is 3.22. The number of aromatic amines is 1. The topological polar surface area (TPSA) is 93.0 Å². The lowest BCUT2D eigenvalue weighted by Crippen LogP contribution is -2.32. The highest BCUT2D eigenvalue weighted by atomic mass is 19.4. The maximum atomic E-state index is 12.6.